The van der Waals surface area contributed by atoms with Gasteiger partial charge in [0.1, 0.15) is 11.5 Å². The largest absolute Gasteiger partial charge is 0.507 e. The van der Waals surface area contributed by atoms with E-state index in [1.54, 1.807) is 7.05 Å². The Hall–Kier alpha value is -1.55. The van der Waals surface area contributed by atoms with Crippen molar-refractivity contribution >= 4 is 23.8 Å². The molecule has 1 N–H and O–H groups in total. The molecule has 4 nitrogen and oxygen atoms in total. The van der Waals surface area contributed by atoms with Gasteiger partial charge >= 0.3 is 5.97 Å². The molecule has 0 saturated carbocycles. The van der Waals surface area contributed by atoms with Crippen molar-refractivity contribution in [3.63, 3.8) is 0 Å². The van der Waals surface area contributed by atoms with E-state index in [-0.39, 0.29) is 16.5 Å². The molecule has 0 aliphatic heterocycles. The molecule has 1 aromatic rings. The number of nitrogens with zero attached hydrogens (tertiary/aromatic N) is 1. The lowest BCUT2D eigenvalue weighted by Crippen LogP contribution is -2.02. The van der Waals surface area contributed by atoms with E-state index in [9.17, 15) is 9.90 Å². The van der Waals surface area contributed by atoms with E-state index >= 15 is 0 Å². The zero-order chi connectivity index (χ0) is 11.4. The average Bonchev–Trinajstić information content (AvgIpc) is 2.16. The van der Waals surface area contributed by atoms with Crippen molar-refractivity contribution in [1.82, 2.24) is 0 Å². The molecule has 0 aromatic heterocycles. The lowest BCUT2D eigenvalue weighted by molar-refractivity contribution is -0.131. The number of aromatic hydroxyl groups is 1. The van der Waals surface area contributed by atoms with Gasteiger partial charge in [0.15, 0.2) is 0 Å². The first-order valence-corrected chi connectivity index (χ1v) is 4.56. The molecule has 1 rings (SSSR count). The van der Waals surface area contributed by atoms with E-state index < -0.39 is 5.97 Å². The lowest BCUT2D eigenvalue weighted by atomic mass is 10.2. The second-order valence-corrected chi connectivity index (χ2v) is 3.17. The number of ether oxygens (including phenoxy) is 1. The van der Waals surface area contributed by atoms with Crippen molar-refractivity contribution in [2.45, 2.75) is 6.92 Å². The molecule has 0 bridgehead atoms. The molecule has 0 saturated heterocycles. The summed E-state index contributed by atoms with van der Waals surface area (Å²) in [6.07, 6.45) is 1.39. The van der Waals surface area contributed by atoms with Gasteiger partial charge in [0.25, 0.3) is 0 Å². The molecule has 0 unspecified atom stereocenters. The summed E-state index contributed by atoms with van der Waals surface area (Å²) in [7, 11) is 1.55. The predicted molar refractivity (Wildman–Crippen MR) is 57.9 cm³/mol. The fraction of sp³-hybridized carbons (Fsp3) is 0.200. The molecule has 0 radical (unpaired) electrons. The molecule has 15 heavy (non-hydrogen) atoms. The fourth-order valence-corrected chi connectivity index (χ4v) is 1.30. The summed E-state index contributed by atoms with van der Waals surface area (Å²) >= 11 is 5.91. The maximum Gasteiger partial charge on any atom is 0.308 e. The van der Waals surface area contributed by atoms with E-state index in [2.05, 4.69) is 4.99 Å². The minimum absolute atomic E-state index is 0.0125. The maximum absolute atomic E-state index is 10.7. The minimum Gasteiger partial charge on any atom is -0.507 e. The quantitative estimate of drug-likeness (QED) is 0.478. The number of aliphatic imine (C=N–C) groups is 1. The lowest BCUT2D eigenvalue weighted by Gasteiger charge is -2.07. The Bertz CT molecular complexity index is 415. The van der Waals surface area contributed by atoms with Gasteiger partial charge in [0, 0.05) is 20.2 Å². The number of esters is 1. The van der Waals surface area contributed by atoms with Crippen molar-refractivity contribution in [3.8, 4) is 11.5 Å². The summed E-state index contributed by atoms with van der Waals surface area (Å²) in [6, 6.07) is 2.81. The topological polar surface area (TPSA) is 58.9 Å². The second kappa shape index (κ2) is 4.79. The fourth-order valence-electron chi connectivity index (χ4n) is 1.05. The van der Waals surface area contributed by atoms with Crippen molar-refractivity contribution in [2.75, 3.05) is 7.05 Å². The monoisotopic (exact) mass is 227 g/mol. The van der Waals surface area contributed by atoms with Crippen LogP contribution >= 0.6 is 11.6 Å². The van der Waals surface area contributed by atoms with Gasteiger partial charge in [-0.15, -0.1) is 0 Å². The van der Waals surface area contributed by atoms with Gasteiger partial charge in [0.05, 0.1) is 10.6 Å². The number of carbonyl (C=O) groups is 1. The molecule has 0 amide bonds. The smallest absolute Gasteiger partial charge is 0.308 e. The van der Waals surface area contributed by atoms with Gasteiger partial charge in [0.2, 0.25) is 0 Å². The number of rotatable bonds is 2. The summed E-state index contributed by atoms with van der Waals surface area (Å²) in [5.41, 5.74) is 0.331. The Morgan fingerprint density at radius 3 is 2.80 bits per heavy atom. The number of benzene rings is 1. The normalized spacial score (nSPS) is 10.6. The van der Waals surface area contributed by atoms with Crippen LogP contribution in [0, 0.1) is 0 Å². The van der Waals surface area contributed by atoms with Gasteiger partial charge in [-0.05, 0) is 12.1 Å². The highest BCUT2D eigenvalue weighted by Gasteiger charge is 2.11. The minimum atomic E-state index is -0.470. The van der Waals surface area contributed by atoms with Crippen LogP contribution in [0.5, 0.6) is 11.5 Å². The third-order valence-corrected chi connectivity index (χ3v) is 2.02. The highest BCUT2D eigenvalue weighted by Crippen LogP contribution is 2.33. The molecular formula is C10H10ClNO3. The summed E-state index contributed by atoms with van der Waals surface area (Å²) in [4.78, 5) is 14.5. The summed E-state index contributed by atoms with van der Waals surface area (Å²) in [6.45, 7) is 1.27. The molecule has 0 fully saturated rings. The van der Waals surface area contributed by atoms with Crippen LogP contribution in [0.2, 0.25) is 5.02 Å². The zero-order valence-corrected chi connectivity index (χ0v) is 9.08. The van der Waals surface area contributed by atoms with Crippen molar-refractivity contribution in [2.24, 2.45) is 4.99 Å². The van der Waals surface area contributed by atoms with E-state index in [4.69, 9.17) is 16.3 Å². The SMILES string of the molecule is CN=Cc1c(O)ccc(OC(C)=O)c1Cl. The number of carbonyl (C=O) groups excluding carboxylic acids is 1. The van der Waals surface area contributed by atoms with Crippen LogP contribution in [0.1, 0.15) is 12.5 Å². The van der Waals surface area contributed by atoms with E-state index in [1.165, 1.54) is 25.3 Å². The standard InChI is InChI=1S/C10H10ClNO3/c1-6(13)15-9-4-3-8(14)7(5-12-2)10(9)11/h3-5,14H,1-2H3. The van der Waals surface area contributed by atoms with E-state index in [0.29, 0.717) is 5.56 Å². The molecule has 0 aliphatic rings. The van der Waals surface area contributed by atoms with E-state index in [1.807, 2.05) is 0 Å². The first-order valence-electron chi connectivity index (χ1n) is 4.18. The van der Waals surface area contributed by atoms with Crippen LogP contribution in [0.15, 0.2) is 17.1 Å². The first kappa shape index (κ1) is 11.5. The molecule has 80 valence electrons. The van der Waals surface area contributed by atoms with Crippen molar-refractivity contribution < 1.29 is 14.6 Å². The Balaban J connectivity index is 3.21. The molecule has 0 spiro atoms. The first-order chi connectivity index (χ1) is 7.06. The number of hydrogen-bond donors (Lipinski definition) is 1. The van der Waals surface area contributed by atoms with Gasteiger partial charge in [-0.3, -0.25) is 9.79 Å². The average molecular weight is 228 g/mol. The van der Waals surface area contributed by atoms with Crippen LogP contribution in [-0.4, -0.2) is 24.3 Å². The highest BCUT2D eigenvalue weighted by molar-refractivity contribution is 6.35. The summed E-state index contributed by atoms with van der Waals surface area (Å²) in [5, 5.41) is 9.63. The van der Waals surface area contributed by atoms with Crippen molar-refractivity contribution in [1.29, 1.82) is 0 Å². The third-order valence-electron chi connectivity index (χ3n) is 1.63. The molecule has 5 heteroatoms. The Morgan fingerprint density at radius 1 is 1.60 bits per heavy atom. The number of phenols is 1. The zero-order valence-electron chi connectivity index (χ0n) is 8.32. The number of phenolic OH excluding ortho intramolecular Hbond substituents is 1. The molecule has 0 atom stereocenters. The number of hydrogen-bond acceptors (Lipinski definition) is 4. The molecule has 0 aliphatic carbocycles. The number of halogens is 1. The maximum atomic E-state index is 10.7. The Kier molecular flexibility index (Phi) is 3.68. The third kappa shape index (κ3) is 2.70. The van der Waals surface area contributed by atoms with Gasteiger partial charge in [-0.2, -0.15) is 0 Å². The van der Waals surface area contributed by atoms with Crippen LogP contribution in [0.4, 0.5) is 0 Å². The molecule has 0 heterocycles. The van der Waals surface area contributed by atoms with Gasteiger partial charge in [-0.25, -0.2) is 0 Å². The van der Waals surface area contributed by atoms with E-state index in [0.717, 1.165) is 0 Å². The Labute approximate surface area is 92.2 Å². The second-order valence-electron chi connectivity index (χ2n) is 2.79. The van der Waals surface area contributed by atoms with Gasteiger partial charge < -0.3 is 9.84 Å². The van der Waals surface area contributed by atoms with Crippen LogP contribution in [0.3, 0.4) is 0 Å². The van der Waals surface area contributed by atoms with Gasteiger partial charge in [-0.1, -0.05) is 11.6 Å². The Morgan fingerprint density at radius 2 is 2.27 bits per heavy atom. The summed E-state index contributed by atoms with van der Waals surface area (Å²) in [5.74, 6) is -0.277. The summed E-state index contributed by atoms with van der Waals surface area (Å²) < 4.78 is 4.84. The van der Waals surface area contributed by atoms with Crippen molar-refractivity contribution in [3.05, 3.63) is 22.7 Å². The molecule has 1 aromatic carbocycles. The van der Waals surface area contributed by atoms with Crippen LogP contribution in [-0.2, 0) is 4.79 Å². The predicted octanol–water partition coefficient (Wildman–Crippen LogP) is 2.02. The van der Waals surface area contributed by atoms with Crippen LogP contribution in [0.25, 0.3) is 0 Å². The van der Waals surface area contributed by atoms with Crippen LogP contribution < -0.4 is 4.74 Å². The molecular weight excluding hydrogens is 218 g/mol. The highest BCUT2D eigenvalue weighted by atomic mass is 35.5.